The minimum absolute atomic E-state index is 0.588. The van der Waals surface area contributed by atoms with Crippen LogP contribution in [0.2, 0.25) is 0 Å². The Morgan fingerprint density at radius 1 is 1.11 bits per heavy atom. The number of aryl methyl sites for hydroxylation is 1. The van der Waals surface area contributed by atoms with Crippen LogP contribution in [0.4, 0.5) is 5.82 Å². The first-order chi connectivity index (χ1) is 8.75. The molecule has 0 saturated carbocycles. The summed E-state index contributed by atoms with van der Waals surface area (Å²) in [6.45, 7) is 5.74. The summed E-state index contributed by atoms with van der Waals surface area (Å²) in [5, 5.41) is 0. The molecule has 0 N–H and O–H groups in total. The number of hydrogen-bond acceptors (Lipinski definition) is 3. The molecule has 3 rings (SSSR count). The van der Waals surface area contributed by atoms with E-state index in [4.69, 9.17) is 4.98 Å². The average Bonchev–Trinajstić information content (AvgIpc) is 3.00. The molecule has 3 heterocycles. The van der Waals surface area contributed by atoms with E-state index in [2.05, 4.69) is 35.9 Å². The Bertz CT molecular complexity index is 424. The summed E-state index contributed by atoms with van der Waals surface area (Å²) in [6.07, 6.45) is 5.22. The predicted molar refractivity (Wildman–Crippen MR) is 75.0 cm³/mol. The topological polar surface area (TPSA) is 19.4 Å². The van der Waals surface area contributed by atoms with Crippen molar-refractivity contribution in [2.75, 3.05) is 31.6 Å². The summed E-state index contributed by atoms with van der Waals surface area (Å²) in [5.41, 5.74) is 2.65. The summed E-state index contributed by atoms with van der Waals surface area (Å²) >= 11 is 0. The maximum atomic E-state index is 4.83. The first-order valence-electron chi connectivity index (χ1n) is 7.18. The lowest BCUT2D eigenvalue weighted by molar-refractivity contribution is 0.316. The monoisotopic (exact) mass is 245 g/mol. The first-order valence-corrected chi connectivity index (χ1v) is 7.18. The lowest BCUT2D eigenvalue weighted by atomic mass is 10.0. The second kappa shape index (κ2) is 4.88. The molecule has 2 aliphatic rings. The van der Waals surface area contributed by atoms with Crippen molar-refractivity contribution in [2.45, 2.75) is 38.6 Å². The summed E-state index contributed by atoms with van der Waals surface area (Å²) in [6, 6.07) is 5.12. The molecular weight excluding hydrogens is 222 g/mol. The molecular formula is C15H23N3. The third kappa shape index (κ3) is 2.12. The second-order valence-corrected chi connectivity index (χ2v) is 5.68. The number of likely N-dealkylation sites (tertiary alicyclic amines) is 1. The van der Waals surface area contributed by atoms with Gasteiger partial charge in [-0.3, -0.25) is 4.90 Å². The predicted octanol–water partition coefficient (Wildman–Crippen LogP) is 2.76. The molecule has 0 bridgehead atoms. The van der Waals surface area contributed by atoms with Crippen molar-refractivity contribution in [1.82, 2.24) is 9.88 Å². The van der Waals surface area contributed by atoms with Crippen LogP contribution in [0, 0.1) is 6.92 Å². The van der Waals surface area contributed by atoms with Crippen molar-refractivity contribution in [3.63, 3.8) is 0 Å². The van der Waals surface area contributed by atoms with Gasteiger partial charge in [0.1, 0.15) is 5.82 Å². The van der Waals surface area contributed by atoms with Crippen molar-refractivity contribution in [1.29, 1.82) is 0 Å². The molecule has 0 unspecified atom stereocenters. The standard InChI is InChI=1S/C15H23N3/c1-12-13(14-6-5-9-17(14)2)7-8-15(16-12)18-10-3-4-11-18/h7-8,14H,3-6,9-11H2,1-2H3/t14-/m0/s1. The maximum absolute atomic E-state index is 4.83. The fourth-order valence-corrected chi connectivity index (χ4v) is 3.34. The lowest BCUT2D eigenvalue weighted by Gasteiger charge is -2.23. The highest BCUT2D eigenvalue weighted by Crippen LogP contribution is 2.32. The number of hydrogen-bond donors (Lipinski definition) is 0. The molecule has 0 aliphatic carbocycles. The molecule has 1 aromatic rings. The van der Waals surface area contributed by atoms with Crippen LogP contribution in [0.3, 0.4) is 0 Å². The van der Waals surface area contributed by atoms with Gasteiger partial charge in [0, 0.05) is 24.8 Å². The van der Waals surface area contributed by atoms with Gasteiger partial charge in [-0.25, -0.2) is 4.98 Å². The van der Waals surface area contributed by atoms with E-state index in [1.165, 1.54) is 62.4 Å². The highest BCUT2D eigenvalue weighted by molar-refractivity contribution is 5.43. The minimum atomic E-state index is 0.588. The Balaban J connectivity index is 1.84. The van der Waals surface area contributed by atoms with Crippen LogP contribution >= 0.6 is 0 Å². The largest absolute Gasteiger partial charge is 0.357 e. The third-order valence-corrected chi connectivity index (χ3v) is 4.42. The van der Waals surface area contributed by atoms with E-state index in [1.54, 1.807) is 0 Å². The summed E-state index contributed by atoms with van der Waals surface area (Å²) in [4.78, 5) is 9.70. The Hall–Kier alpha value is -1.09. The molecule has 2 fully saturated rings. The number of pyridine rings is 1. The summed E-state index contributed by atoms with van der Waals surface area (Å²) in [5.74, 6) is 1.18. The number of anilines is 1. The Morgan fingerprint density at radius 2 is 1.89 bits per heavy atom. The van der Waals surface area contributed by atoms with Crippen LogP contribution < -0.4 is 4.90 Å². The van der Waals surface area contributed by atoms with E-state index >= 15 is 0 Å². The molecule has 0 spiro atoms. The summed E-state index contributed by atoms with van der Waals surface area (Å²) < 4.78 is 0. The van der Waals surface area contributed by atoms with Gasteiger partial charge in [0.25, 0.3) is 0 Å². The van der Waals surface area contributed by atoms with Crippen LogP contribution in [0.1, 0.15) is 43.0 Å². The van der Waals surface area contributed by atoms with Crippen LogP contribution in [0.15, 0.2) is 12.1 Å². The van der Waals surface area contributed by atoms with Gasteiger partial charge < -0.3 is 4.90 Å². The van der Waals surface area contributed by atoms with E-state index in [-0.39, 0.29) is 0 Å². The van der Waals surface area contributed by atoms with E-state index in [9.17, 15) is 0 Å². The van der Waals surface area contributed by atoms with Crippen molar-refractivity contribution >= 4 is 5.82 Å². The molecule has 1 atom stereocenters. The van der Waals surface area contributed by atoms with Crippen LogP contribution in [0.25, 0.3) is 0 Å². The Morgan fingerprint density at radius 3 is 2.50 bits per heavy atom. The molecule has 18 heavy (non-hydrogen) atoms. The van der Waals surface area contributed by atoms with Gasteiger partial charge in [0.15, 0.2) is 0 Å². The maximum Gasteiger partial charge on any atom is 0.128 e. The molecule has 0 amide bonds. The van der Waals surface area contributed by atoms with E-state index in [1.807, 2.05) is 0 Å². The van der Waals surface area contributed by atoms with E-state index in [0.717, 1.165) is 0 Å². The third-order valence-electron chi connectivity index (χ3n) is 4.42. The highest BCUT2D eigenvalue weighted by atomic mass is 15.2. The molecule has 2 aliphatic heterocycles. The van der Waals surface area contributed by atoms with Gasteiger partial charge in [-0.15, -0.1) is 0 Å². The zero-order chi connectivity index (χ0) is 12.5. The normalized spacial score (nSPS) is 25.0. The smallest absolute Gasteiger partial charge is 0.128 e. The molecule has 3 nitrogen and oxygen atoms in total. The lowest BCUT2D eigenvalue weighted by Crippen LogP contribution is -2.21. The highest BCUT2D eigenvalue weighted by Gasteiger charge is 2.25. The fourth-order valence-electron chi connectivity index (χ4n) is 3.34. The average molecular weight is 245 g/mol. The number of rotatable bonds is 2. The molecule has 1 aromatic heterocycles. The van der Waals surface area contributed by atoms with E-state index < -0.39 is 0 Å². The molecule has 98 valence electrons. The Kier molecular flexibility index (Phi) is 3.25. The fraction of sp³-hybridized carbons (Fsp3) is 0.667. The quantitative estimate of drug-likeness (QED) is 0.798. The zero-order valence-electron chi connectivity index (χ0n) is 11.5. The van der Waals surface area contributed by atoms with Crippen LogP contribution in [0.5, 0.6) is 0 Å². The Labute approximate surface area is 110 Å². The molecule has 0 aromatic carbocycles. The summed E-state index contributed by atoms with van der Waals surface area (Å²) in [7, 11) is 2.23. The molecule has 2 saturated heterocycles. The van der Waals surface area contributed by atoms with Gasteiger partial charge in [-0.1, -0.05) is 6.07 Å². The van der Waals surface area contributed by atoms with Crippen LogP contribution in [-0.2, 0) is 0 Å². The van der Waals surface area contributed by atoms with E-state index in [0.29, 0.717) is 6.04 Å². The van der Waals surface area contributed by atoms with Gasteiger partial charge in [-0.2, -0.15) is 0 Å². The van der Waals surface area contributed by atoms with Crippen LogP contribution in [-0.4, -0.2) is 36.6 Å². The van der Waals surface area contributed by atoms with Crippen molar-refractivity contribution < 1.29 is 0 Å². The zero-order valence-corrected chi connectivity index (χ0v) is 11.5. The van der Waals surface area contributed by atoms with Gasteiger partial charge >= 0.3 is 0 Å². The van der Waals surface area contributed by atoms with Gasteiger partial charge in [-0.05, 0) is 57.8 Å². The second-order valence-electron chi connectivity index (χ2n) is 5.68. The number of nitrogens with zero attached hydrogens (tertiary/aromatic N) is 3. The molecule has 3 heteroatoms. The SMILES string of the molecule is Cc1nc(N2CCCC2)ccc1[C@@H]1CCCN1C. The number of aromatic nitrogens is 1. The first kappa shape index (κ1) is 12.0. The van der Waals surface area contributed by atoms with Crippen molar-refractivity contribution in [3.8, 4) is 0 Å². The van der Waals surface area contributed by atoms with Crippen molar-refractivity contribution in [3.05, 3.63) is 23.4 Å². The minimum Gasteiger partial charge on any atom is -0.357 e. The van der Waals surface area contributed by atoms with Gasteiger partial charge in [0.05, 0.1) is 0 Å². The van der Waals surface area contributed by atoms with Crippen molar-refractivity contribution in [2.24, 2.45) is 0 Å². The molecule has 0 radical (unpaired) electrons. The van der Waals surface area contributed by atoms with Gasteiger partial charge in [0.2, 0.25) is 0 Å².